The molecule has 3 rings (SSSR count). The van der Waals surface area contributed by atoms with Gasteiger partial charge in [-0.15, -0.1) is 10.2 Å². The highest BCUT2D eigenvalue weighted by molar-refractivity contribution is 7.99. The van der Waals surface area contributed by atoms with Crippen molar-refractivity contribution in [2.75, 3.05) is 18.2 Å². The van der Waals surface area contributed by atoms with Crippen molar-refractivity contribution in [2.24, 2.45) is 0 Å². The number of hydrogen-bond donors (Lipinski definition) is 1. The molecule has 0 unspecified atom stereocenters. The van der Waals surface area contributed by atoms with Gasteiger partial charge in [-0.1, -0.05) is 41.6 Å². The summed E-state index contributed by atoms with van der Waals surface area (Å²) < 4.78 is 19.8. The van der Waals surface area contributed by atoms with Gasteiger partial charge in [0.15, 0.2) is 5.82 Å². The van der Waals surface area contributed by atoms with E-state index in [0.29, 0.717) is 29.1 Å². The first-order valence-corrected chi connectivity index (χ1v) is 8.41. The maximum absolute atomic E-state index is 12.8. The molecule has 0 amide bonds. The van der Waals surface area contributed by atoms with Gasteiger partial charge in [0.05, 0.1) is 6.61 Å². The maximum atomic E-state index is 12.8. The van der Waals surface area contributed by atoms with E-state index < -0.39 is 0 Å². The van der Waals surface area contributed by atoms with Gasteiger partial charge in [-0.2, -0.15) is 0 Å². The van der Waals surface area contributed by atoms with Crippen molar-refractivity contribution in [1.29, 1.82) is 0 Å². The number of rotatable bonds is 6. The molecular weight excluding hydrogens is 327 g/mol. The molecule has 1 aromatic heterocycles. The summed E-state index contributed by atoms with van der Waals surface area (Å²) in [6.07, 6.45) is 0. The number of benzene rings is 2. The van der Waals surface area contributed by atoms with Crippen LogP contribution in [0.15, 0.2) is 53.7 Å². The highest BCUT2D eigenvalue weighted by Crippen LogP contribution is 2.22. The molecule has 0 aliphatic rings. The number of nitrogen functional groups attached to an aromatic ring is 1. The second-order valence-electron chi connectivity index (χ2n) is 5.19. The molecule has 0 aliphatic heterocycles. The molecule has 0 radical (unpaired) electrons. The van der Waals surface area contributed by atoms with Crippen molar-refractivity contribution in [3.8, 4) is 17.1 Å². The fraction of sp³-hybridized carbons (Fsp3) is 0.176. The number of thioether (sulfide) groups is 1. The Labute approximate surface area is 143 Å². The molecule has 2 N–H and O–H groups in total. The van der Waals surface area contributed by atoms with Crippen LogP contribution in [0.4, 0.5) is 4.39 Å². The van der Waals surface area contributed by atoms with Crippen LogP contribution >= 0.6 is 11.8 Å². The van der Waals surface area contributed by atoms with Gasteiger partial charge in [0.25, 0.3) is 0 Å². The minimum absolute atomic E-state index is 0.281. The Morgan fingerprint density at radius 3 is 2.50 bits per heavy atom. The quantitative estimate of drug-likeness (QED) is 0.422. The average Bonchev–Trinajstić information content (AvgIpc) is 2.95. The number of aryl methyl sites for hydroxylation is 1. The lowest BCUT2D eigenvalue weighted by Gasteiger charge is -2.06. The molecular formula is C17H17FN4OS. The predicted molar refractivity (Wildman–Crippen MR) is 93.0 cm³/mol. The van der Waals surface area contributed by atoms with E-state index in [4.69, 9.17) is 10.6 Å². The molecule has 5 nitrogen and oxygen atoms in total. The minimum Gasteiger partial charge on any atom is -0.493 e. The first kappa shape index (κ1) is 16.3. The van der Waals surface area contributed by atoms with Gasteiger partial charge in [0.1, 0.15) is 11.6 Å². The van der Waals surface area contributed by atoms with Crippen molar-refractivity contribution in [1.82, 2.24) is 14.9 Å². The molecule has 0 bridgehead atoms. The normalized spacial score (nSPS) is 10.8. The van der Waals surface area contributed by atoms with Crippen molar-refractivity contribution < 1.29 is 9.13 Å². The summed E-state index contributed by atoms with van der Waals surface area (Å²) in [6, 6.07) is 13.9. The Kier molecular flexibility index (Phi) is 5.00. The predicted octanol–water partition coefficient (Wildman–Crippen LogP) is 3.28. The Hall–Kier alpha value is -2.54. The third-order valence-electron chi connectivity index (χ3n) is 3.37. The van der Waals surface area contributed by atoms with Crippen LogP contribution < -0.4 is 10.6 Å². The summed E-state index contributed by atoms with van der Waals surface area (Å²) in [5, 5.41) is 8.88. The van der Waals surface area contributed by atoms with E-state index in [0.717, 1.165) is 5.56 Å². The first-order valence-electron chi connectivity index (χ1n) is 7.42. The zero-order valence-electron chi connectivity index (χ0n) is 13.1. The summed E-state index contributed by atoms with van der Waals surface area (Å²) in [7, 11) is 0. The zero-order chi connectivity index (χ0) is 16.9. The SMILES string of the molecule is Cc1ccc(-c2nnc(SCCOc3ccc(F)cc3)n2N)cc1. The second-order valence-corrected chi connectivity index (χ2v) is 6.26. The molecule has 0 saturated heterocycles. The van der Waals surface area contributed by atoms with E-state index in [2.05, 4.69) is 10.2 Å². The van der Waals surface area contributed by atoms with Crippen LogP contribution in [0.25, 0.3) is 11.4 Å². The summed E-state index contributed by atoms with van der Waals surface area (Å²) in [4.78, 5) is 0. The first-order chi connectivity index (χ1) is 11.6. The number of nitrogens with two attached hydrogens (primary N) is 1. The Morgan fingerprint density at radius 1 is 1.08 bits per heavy atom. The third-order valence-corrected chi connectivity index (χ3v) is 4.28. The fourth-order valence-corrected chi connectivity index (χ4v) is 2.77. The van der Waals surface area contributed by atoms with E-state index in [9.17, 15) is 4.39 Å². The van der Waals surface area contributed by atoms with E-state index in [1.54, 1.807) is 12.1 Å². The summed E-state index contributed by atoms with van der Waals surface area (Å²) in [6.45, 7) is 2.49. The molecule has 1 heterocycles. The van der Waals surface area contributed by atoms with Gasteiger partial charge in [-0.3, -0.25) is 0 Å². The molecule has 0 spiro atoms. The molecule has 24 heavy (non-hydrogen) atoms. The number of ether oxygens (including phenoxy) is 1. The topological polar surface area (TPSA) is 66.0 Å². The van der Waals surface area contributed by atoms with Gasteiger partial charge in [0.2, 0.25) is 5.16 Å². The average molecular weight is 344 g/mol. The summed E-state index contributed by atoms with van der Waals surface area (Å²) in [5.41, 5.74) is 2.10. The zero-order valence-corrected chi connectivity index (χ0v) is 14.0. The van der Waals surface area contributed by atoms with Gasteiger partial charge in [0, 0.05) is 11.3 Å². The Balaban J connectivity index is 1.56. The highest BCUT2D eigenvalue weighted by Gasteiger charge is 2.11. The Morgan fingerprint density at radius 2 is 1.79 bits per heavy atom. The van der Waals surface area contributed by atoms with Crippen molar-refractivity contribution in [2.45, 2.75) is 12.1 Å². The molecule has 124 valence electrons. The molecule has 2 aromatic carbocycles. The molecule has 3 aromatic rings. The van der Waals surface area contributed by atoms with Crippen LogP contribution in [-0.2, 0) is 0 Å². The summed E-state index contributed by atoms with van der Waals surface area (Å²) >= 11 is 1.45. The number of aromatic nitrogens is 3. The lowest BCUT2D eigenvalue weighted by molar-refractivity contribution is 0.343. The largest absolute Gasteiger partial charge is 0.493 e. The van der Waals surface area contributed by atoms with Gasteiger partial charge >= 0.3 is 0 Å². The standard InChI is InChI=1S/C17H17FN4OS/c1-12-2-4-13(5-3-12)16-20-21-17(22(16)19)24-11-10-23-15-8-6-14(18)7-9-15/h2-9H,10-11,19H2,1H3. The van der Waals surface area contributed by atoms with Crippen LogP contribution in [0, 0.1) is 12.7 Å². The van der Waals surface area contributed by atoms with E-state index in [1.165, 1.54) is 34.1 Å². The molecule has 0 atom stereocenters. The minimum atomic E-state index is -0.281. The third kappa shape index (κ3) is 3.86. The van der Waals surface area contributed by atoms with Crippen molar-refractivity contribution in [3.05, 3.63) is 59.9 Å². The fourth-order valence-electron chi connectivity index (χ4n) is 2.10. The molecule has 7 heteroatoms. The van der Waals surface area contributed by atoms with E-state index >= 15 is 0 Å². The molecule has 0 saturated carbocycles. The van der Waals surface area contributed by atoms with Crippen LogP contribution in [0.1, 0.15) is 5.56 Å². The van der Waals surface area contributed by atoms with Crippen molar-refractivity contribution in [3.63, 3.8) is 0 Å². The number of hydrogen-bond acceptors (Lipinski definition) is 5. The molecule has 0 fully saturated rings. The highest BCUT2D eigenvalue weighted by atomic mass is 32.2. The van der Waals surface area contributed by atoms with E-state index in [1.807, 2.05) is 31.2 Å². The lowest BCUT2D eigenvalue weighted by atomic mass is 10.1. The van der Waals surface area contributed by atoms with E-state index in [-0.39, 0.29) is 5.82 Å². The number of halogens is 1. The van der Waals surface area contributed by atoms with Crippen LogP contribution in [-0.4, -0.2) is 27.2 Å². The molecule has 0 aliphatic carbocycles. The van der Waals surface area contributed by atoms with Gasteiger partial charge in [-0.05, 0) is 31.2 Å². The smallest absolute Gasteiger partial charge is 0.210 e. The van der Waals surface area contributed by atoms with Crippen LogP contribution in [0.2, 0.25) is 0 Å². The Bertz CT molecular complexity index is 802. The van der Waals surface area contributed by atoms with Gasteiger partial charge in [-0.25, -0.2) is 9.07 Å². The van der Waals surface area contributed by atoms with Crippen LogP contribution in [0.5, 0.6) is 5.75 Å². The second kappa shape index (κ2) is 7.35. The van der Waals surface area contributed by atoms with Gasteiger partial charge < -0.3 is 10.6 Å². The summed E-state index contributed by atoms with van der Waals surface area (Å²) in [5.74, 6) is 7.70. The lowest BCUT2D eigenvalue weighted by Crippen LogP contribution is -2.12. The number of nitrogens with zero attached hydrogens (tertiary/aromatic N) is 3. The maximum Gasteiger partial charge on any atom is 0.210 e. The van der Waals surface area contributed by atoms with Crippen LogP contribution in [0.3, 0.4) is 0 Å². The van der Waals surface area contributed by atoms with Crippen molar-refractivity contribution >= 4 is 11.8 Å². The monoisotopic (exact) mass is 344 g/mol.